The molecule has 0 fully saturated rings. The van der Waals surface area contributed by atoms with Crippen molar-refractivity contribution in [2.45, 2.75) is 27.7 Å². The number of nitrogens with zero attached hydrogens (tertiary/aromatic N) is 8. The van der Waals surface area contributed by atoms with Crippen LogP contribution in [0.25, 0.3) is 66.2 Å². The number of hydrogen-bond donors (Lipinski definition) is 0. The Bertz CT molecular complexity index is 2200. The summed E-state index contributed by atoms with van der Waals surface area (Å²) >= 11 is 0. The van der Waals surface area contributed by atoms with E-state index < -0.39 is 0 Å². The van der Waals surface area contributed by atoms with Gasteiger partial charge in [-0.2, -0.15) is 0 Å². The molecule has 0 aliphatic heterocycles. The van der Waals surface area contributed by atoms with E-state index >= 15 is 0 Å². The van der Waals surface area contributed by atoms with Crippen molar-refractivity contribution in [2.75, 3.05) is 0 Å². The number of aromatic nitrogens is 7. The Morgan fingerprint density at radius 1 is 0.535 bits per heavy atom. The molecule has 0 saturated carbocycles. The van der Waals surface area contributed by atoms with E-state index in [9.17, 15) is 0 Å². The molecule has 0 bridgehead atoms. The molecule has 0 atom stereocenters. The zero-order chi connectivity index (χ0) is 29.7. The fourth-order valence-corrected chi connectivity index (χ4v) is 5.67. The molecule has 206 valence electrons. The molecule has 7 aromatic rings. The highest BCUT2D eigenvalue weighted by Crippen LogP contribution is 2.38. The molecule has 0 N–H and O–H groups in total. The number of fused-ring (bicyclic) bond motifs is 3. The summed E-state index contributed by atoms with van der Waals surface area (Å²) in [4.78, 5) is 31.1. The molecule has 0 unspecified atom stereocenters. The second-order valence-electron chi connectivity index (χ2n) is 10.5. The minimum Gasteiger partial charge on any atom is -0.309 e. The second-order valence-corrected chi connectivity index (χ2v) is 10.5. The second kappa shape index (κ2) is 10.2. The van der Waals surface area contributed by atoms with E-state index in [4.69, 9.17) is 16.5 Å². The molecular formula is C35H26N8. The number of para-hydroxylation sites is 1. The van der Waals surface area contributed by atoms with Gasteiger partial charge in [0.1, 0.15) is 23.3 Å². The first-order chi connectivity index (χ1) is 20.9. The molecule has 8 nitrogen and oxygen atoms in total. The van der Waals surface area contributed by atoms with Gasteiger partial charge >= 0.3 is 0 Å². The van der Waals surface area contributed by atoms with Gasteiger partial charge in [-0.25, -0.2) is 34.7 Å². The molecule has 0 saturated heterocycles. The van der Waals surface area contributed by atoms with Gasteiger partial charge in [-0.1, -0.05) is 48.5 Å². The van der Waals surface area contributed by atoms with Gasteiger partial charge in [-0.15, -0.1) is 0 Å². The third-order valence-electron chi connectivity index (χ3n) is 7.46. The summed E-state index contributed by atoms with van der Waals surface area (Å²) in [6.45, 7) is 14.8. The predicted octanol–water partition coefficient (Wildman–Crippen LogP) is 7.94. The smallest absolute Gasteiger partial charge is 0.187 e. The van der Waals surface area contributed by atoms with E-state index in [1.54, 1.807) is 0 Å². The summed E-state index contributed by atoms with van der Waals surface area (Å²) in [7, 11) is 0. The van der Waals surface area contributed by atoms with E-state index in [2.05, 4.69) is 83.9 Å². The average Bonchev–Trinajstić information content (AvgIpc) is 3.33. The molecule has 3 aromatic heterocycles. The molecule has 3 heterocycles. The van der Waals surface area contributed by atoms with Crippen LogP contribution in [-0.4, -0.2) is 34.5 Å². The van der Waals surface area contributed by atoms with Crippen molar-refractivity contribution < 1.29 is 0 Å². The van der Waals surface area contributed by atoms with Crippen molar-refractivity contribution in [3.63, 3.8) is 0 Å². The molecule has 43 heavy (non-hydrogen) atoms. The minimum absolute atomic E-state index is 0.590. The van der Waals surface area contributed by atoms with E-state index in [1.807, 2.05) is 58.0 Å². The Morgan fingerprint density at radius 3 is 1.79 bits per heavy atom. The maximum atomic E-state index is 7.29. The van der Waals surface area contributed by atoms with Crippen LogP contribution in [0.3, 0.4) is 0 Å². The fraction of sp³-hybridized carbons (Fsp3) is 0.114. The zero-order valence-electron chi connectivity index (χ0n) is 24.2. The Balaban J connectivity index is 1.50. The van der Waals surface area contributed by atoms with Crippen molar-refractivity contribution in [2.24, 2.45) is 0 Å². The average molecular weight is 559 g/mol. The van der Waals surface area contributed by atoms with Crippen LogP contribution in [0, 0.1) is 34.3 Å². The summed E-state index contributed by atoms with van der Waals surface area (Å²) in [5.74, 6) is 3.84. The van der Waals surface area contributed by atoms with E-state index in [1.165, 1.54) is 0 Å². The van der Waals surface area contributed by atoms with E-state index in [-0.39, 0.29) is 0 Å². The number of benzene rings is 4. The molecule has 0 spiro atoms. The topological polar surface area (TPSA) is 86.6 Å². The largest absolute Gasteiger partial charge is 0.309 e. The first-order valence-corrected chi connectivity index (χ1v) is 13.9. The van der Waals surface area contributed by atoms with Gasteiger partial charge in [-0.05, 0) is 75.2 Å². The lowest BCUT2D eigenvalue weighted by Gasteiger charge is -2.15. The molecule has 0 aliphatic carbocycles. The van der Waals surface area contributed by atoms with Crippen LogP contribution in [0.4, 0.5) is 5.69 Å². The zero-order valence-corrected chi connectivity index (χ0v) is 24.2. The summed E-state index contributed by atoms with van der Waals surface area (Å²) in [6.07, 6.45) is 0. The Kier molecular flexibility index (Phi) is 6.21. The maximum Gasteiger partial charge on any atom is 0.187 e. The lowest BCUT2D eigenvalue weighted by molar-refractivity contribution is 0.924. The number of aryl methyl sites for hydroxylation is 4. The molecule has 0 radical (unpaired) electrons. The third-order valence-corrected chi connectivity index (χ3v) is 7.46. The van der Waals surface area contributed by atoms with Gasteiger partial charge in [0.25, 0.3) is 0 Å². The summed E-state index contributed by atoms with van der Waals surface area (Å²) < 4.78 is 2.27. The number of rotatable bonds is 4. The highest BCUT2D eigenvalue weighted by atomic mass is 15.0. The highest BCUT2D eigenvalue weighted by molar-refractivity contribution is 6.11. The lowest BCUT2D eigenvalue weighted by Crippen LogP contribution is -2.04. The van der Waals surface area contributed by atoms with Crippen LogP contribution in [0.15, 0.2) is 84.9 Å². The normalized spacial score (nSPS) is 11.2. The maximum absolute atomic E-state index is 7.29. The van der Waals surface area contributed by atoms with Crippen molar-refractivity contribution in [3.05, 3.63) is 120 Å². The van der Waals surface area contributed by atoms with Crippen LogP contribution < -0.4 is 0 Å². The monoisotopic (exact) mass is 558 g/mol. The molecule has 7 rings (SSSR count). The predicted molar refractivity (Wildman–Crippen MR) is 169 cm³/mol. The molecule has 8 heteroatoms. The molecular weight excluding hydrogens is 532 g/mol. The van der Waals surface area contributed by atoms with Crippen LogP contribution in [0.2, 0.25) is 0 Å². The van der Waals surface area contributed by atoms with E-state index in [0.29, 0.717) is 40.6 Å². The molecule has 0 aliphatic rings. The molecule has 0 amide bonds. The standard InChI is InChI=1S/C35H26N8/c1-20-37-21(2)40-34(39-20)26-13-17-33(30(19-26)35-41-22(3)38-23(4)42-35)43-31-9-7-6-8-28(31)29-18-25(12-16-32(29)43)24-10-14-27(36-5)15-11-24/h6-19H,1-4H3. The third kappa shape index (κ3) is 4.67. The highest BCUT2D eigenvalue weighted by Gasteiger charge is 2.20. The summed E-state index contributed by atoms with van der Waals surface area (Å²) in [5.41, 5.74) is 7.56. The van der Waals surface area contributed by atoms with Gasteiger partial charge in [0.05, 0.1) is 23.3 Å². The Labute approximate surface area is 248 Å². The van der Waals surface area contributed by atoms with Crippen molar-refractivity contribution in [1.29, 1.82) is 0 Å². The SMILES string of the molecule is [C-]#[N+]c1ccc(-c2ccc3c(c2)c2ccccc2n3-c2ccc(-c3nc(C)nc(C)n3)cc2-c2nc(C)nc(C)n2)cc1. The van der Waals surface area contributed by atoms with Gasteiger partial charge in [0, 0.05) is 21.9 Å². The lowest BCUT2D eigenvalue weighted by atomic mass is 10.0. The minimum atomic E-state index is 0.590. The van der Waals surface area contributed by atoms with Crippen LogP contribution in [0.5, 0.6) is 0 Å². The number of hydrogen-bond acceptors (Lipinski definition) is 6. The van der Waals surface area contributed by atoms with Gasteiger partial charge in [0.15, 0.2) is 17.3 Å². The van der Waals surface area contributed by atoms with Crippen LogP contribution in [-0.2, 0) is 0 Å². The van der Waals surface area contributed by atoms with Crippen LogP contribution in [0.1, 0.15) is 23.3 Å². The van der Waals surface area contributed by atoms with Crippen LogP contribution >= 0.6 is 0 Å². The fourth-order valence-electron chi connectivity index (χ4n) is 5.67. The van der Waals surface area contributed by atoms with E-state index in [0.717, 1.165) is 49.7 Å². The van der Waals surface area contributed by atoms with Gasteiger partial charge in [-0.3, -0.25) is 0 Å². The first-order valence-electron chi connectivity index (χ1n) is 13.9. The summed E-state index contributed by atoms with van der Waals surface area (Å²) in [5, 5.41) is 2.27. The first kappa shape index (κ1) is 26.1. The summed E-state index contributed by atoms with van der Waals surface area (Å²) in [6, 6.07) is 28.9. The van der Waals surface area contributed by atoms with Crippen molar-refractivity contribution >= 4 is 27.5 Å². The van der Waals surface area contributed by atoms with Crippen molar-refractivity contribution in [3.8, 4) is 39.6 Å². The van der Waals surface area contributed by atoms with Crippen molar-refractivity contribution in [1.82, 2.24) is 34.5 Å². The van der Waals surface area contributed by atoms with Gasteiger partial charge < -0.3 is 4.57 Å². The molecule has 4 aromatic carbocycles. The Hall–Kier alpha value is -5.81. The quantitative estimate of drug-likeness (QED) is 0.204. The Morgan fingerprint density at radius 2 is 1.12 bits per heavy atom. The van der Waals surface area contributed by atoms with Gasteiger partial charge in [0.2, 0.25) is 0 Å².